The van der Waals surface area contributed by atoms with Gasteiger partial charge >= 0.3 is 0 Å². The van der Waals surface area contributed by atoms with Crippen LogP contribution in [0.25, 0.3) is 17.3 Å². The zero-order valence-corrected chi connectivity index (χ0v) is 24.0. The van der Waals surface area contributed by atoms with Crippen molar-refractivity contribution in [3.8, 4) is 17.0 Å². The number of hydrogen-bond donors (Lipinski definition) is 2. The number of carbonyl (C=O) groups excluding carboxylic acids is 1. The first-order valence-corrected chi connectivity index (χ1v) is 14.2. The number of hydrogen-bond acceptors (Lipinski definition) is 5. The van der Waals surface area contributed by atoms with E-state index in [9.17, 15) is 14.1 Å². The maximum atomic E-state index is 13.6. The van der Waals surface area contributed by atoms with Crippen molar-refractivity contribution in [3.05, 3.63) is 88.6 Å². The second-order valence-corrected chi connectivity index (χ2v) is 12.7. The van der Waals surface area contributed by atoms with Crippen LogP contribution < -0.4 is 10.1 Å². The molecular formula is C31H37N3O4S. The number of aromatic nitrogens is 1. The van der Waals surface area contributed by atoms with Crippen molar-refractivity contribution >= 4 is 23.0 Å². The Bertz CT molecular complexity index is 1380. The highest BCUT2D eigenvalue weighted by Crippen LogP contribution is 2.44. The van der Waals surface area contributed by atoms with Crippen LogP contribution in [0.15, 0.2) is 60.7 Å². The number of aliphatic hydroxyl groups excluding tert-OH is 1. The molecular weight excluding hydrogens is 510 g/mol. The second kappa shape index (κ2) is 12.2. The van der Waals surface area contributed by atoms with E-state index in [1.807, 2.05) is 98.7 Å². The Kier molecular flexibility index (Phi) is 9.00. The van der Waals surface area contributed by atoms with Crippen LogP contribution in [0.2, 0.25) is 0 Å². The Hall–Kier alpha value is -3.33. The molecule has 1 aliphatic rings. The van der Waals surface area contributed by atoms with Crippen molar-refractivity contribution in [1.29, 1.82) is 0 Å². The van der Waals surface area contributed by atoms with Crippen LogP contribution in [0.4, 0.5) is 0 Å². The number of nitrogens with zero attached hydrogens (tertiary/aromatic N) is 2. The molecule has 3 aromatic rings. The van der Waals surface area contributed by atoms with Crippen molar-refractivity contribution in [2.45, 2.75) is 58.0 Å². The van der Waals surface area contributed by atoms with Crippen LogP contribution in [0.5, 0.6) is 5.75 Å². The summed E-state index contributed by atoms with van der Waals surface area (Å²) in [6, 6.07) is 17.1. The Labute approximate surface area is 233 Å². The number of benzene rings is 2. The van der Waals surface area contributed by atoms with Gasteiger partial charge in [-0.3, -0.25) is 4.79 Å². The van der Waals surface area contributed by atoms with Gasteiger partial charge in [-0.25, -0.2) is 13.5 Å². The van der Waals surface area contributed by atoms with Crippen molar-refractivity contribution in [2.75, 3.05) is 13.7 Å². The van der Waals surface area contributed by atoms with Gasteiger partial charge in [0, 0.05) is 30.8 Å². The molecule has 0 bridgehead atoms. The molecule has 0 spiro atoms. The van der Waals surface area contributed by atoms with Gasteiger partial charge in [0.1, 0.15) is 22.4 Å². The summed E-state index contributed by atoms with van der Waals surface area (Å²) >= 11 is 0. The topological polar surface area (TPSA) is 91.8 Å². The summed E-state index contributed by atoms with van der Waals surface area (Å²) in [4.78, 5) is 18.2. The molecule has 1 amide bonds. The van der Waals surface area contributed by atoms with Crippen LogP contribution in [0.1, 0.15) is 72.9 Å². The average Bonchev–Trinajstić information content (AvgIpc) is 3.29. The minimum atomic E-state index is -1.32. The molecule has 1 aliphatic heterocycles. The molecule has 0 fully saturated rings. The molecule has 8 heteroatoms. The third-order valence-electron chi connectivity index (χ3n) is 6.65. The standard InChI is InChI=1S/C31H37N3O4S/c1-6-8-21-9-7-10-23(17-21)29-28-24(20-34(27(28)15-16-35)39(37)31(2,3)4)18-26(33-29)30(36)32-19-22-11-13-25(38-5)14-12-22/h6-14,17-18,27,35H,15-16,19-20H2,1-5H3,(H,32,36)/b8-6+/t27-,39-/m1/s1. The summed E-state index contributed by atoms with van der Waals surface area (Å²) in [7, 11) is 0.298. The van der Waals surface area contributed by atoms with E-state index < -0.39 is 15.7 Å². The van der Waals surface area contributed by atoms with Crippen molar-refractivity contribution in [2.24, 2.45) is 0 Å². The number of aliphatic hydroxyl groups is 1. The molecule has 206 valence electrons. The van der Waals surface area contributed by atoms with E-state index in [1.54, 1.807) is 7.11 Å². The lowest BCUT2D eigenvalue weighted by atomic mass is 9.95. The summed E-state index contributed by atoms with van der Waals surface area (Å²) in [5.41, 5.74) is 5.65. The number of amides is 1. The van der Waals surface area contributed by atoms with Crippen LogP contribution in [-0.2, 0) is 24.1 Å². The van der Waals surface area contributed by atoms with E-state index in [2.05, 4.69) is 5.32 Å². The third-order valence-corrected chi connectivity index (χ3v) is 8.51. The van der Waals surface area contributed by atoms with Gasteiger partial charge in [-0.15, -0.1) is 0 Å². The summed E-state index contributed by atoms with van der Waals surface area (Å²) in [5.74, 6) is 0.471. The smallest absolute Gasteiger partial charge is 0.270 e. The van der Waals surface area contributed by atoms with E-state index >= 15 is 0 Å². The zero-order valence-electron chi connectivity index (χ0n) is 23.2. The highest BCUT2D eigenvalue weighted by Gasteiger charge is 2.40. The van der Waals surface area contributed by atoms with Crippen LogP contribution in [-0.4, -0.2) is 43.0 Å². The summed E-state index contributed by atoms with van der Waals surface area (Å²) < 4.78 is 20.2. The SMILES string of the molecule is C/C=C/c1cccc(-c2nc(C(=O)NCc3ccc(OC)cc3)cc3c2[C@@H](CCO)N([S@](=O)C(C)(C)C)C3)c1. The van der Waals surface area contributed by atoms with Gasteiger partial charge in [0.05, 0.1) is 23.6 Å². The van der Waals surface area contributed by atoms with Crippen LogP contribution >= 0.6 is 0 Å². The van der Waals surface area contributed by atoms with E-state index in [4.69, 9.17) is 9.72 Å². The fourth-order valence-corrected chi connectivity index (χ4v) is 6.21. The predicted molar refractivity (Wildman–Crippen MR) is 156 cm³/mol. The normalized spacial score (nSPS) is 16.3. The minimum Gasteiger partial charge on any atom is -0.497 e. The van der Waals surface area contributed by atoms with Gasteiger partial charge in [-0.05, 0) is 75.1 Å². The fraction of sp³-hybridized carbons (Fsp3) is 0.355. The van der Waals surface area contributed by atoms with Gasteiger partial charge < -0.3 is 15.2 Å². The zero-order chi connectivity index (χ0) is 28.2. The van der Waals surface area contributed by atoms with Gasteiger partial charge in [0.2, 0.25) is 0 Å². The summed E-state index contributed by atoms with van der Waals surface area (Å²) in [6.45, 7) is 8.50. The van der Waals surface area contributed by atoms with Crippen molar-refractivity contribution < 1.29 is 18.8 Å². The van der Waals surface area contributed by atoms with E-state index in [-0.39, 0.29) is 18.6 Å². The molecule has 0 saturated carbocycles. The number of pyridine rings is 1. The fourth-order valence-electron chi connectivity index (χ4n) is 4.80. The molecule has 0 aliphatic carbocycles. The molecule has 2 N–H and O–H groups in total. The maximum Gasteiger partial charge on any atom is 0.270 e. The molecule has 2 heterocycles. The molecule has 0 unspecified atom stereocenters. The molecule has 0 saturated heterocycles. The highest BCUT2D eigenvalue weighted by atomic mass is 32.2. The Morgan fingerprint density at radius 3 is 2.59 bits per heavy atom. The van der Waals surface area contributed by atoms with Crippen molar-refractivity contribution in [1.82, 2.24) is 14.6 Å². The lowest BCUT2D eigenvalue weighted by Gasteiger charge is -2.30. The number of rotatable bonds is 9. The Morgan fingerprint density at radius 2 is 1.95 bits per heavy atom. The molecule has 4 rings (SSSR count). The van der Waals surface area contributed by atoms with Crippen LogP contribution in [0, 0.1) is 0 Å². The second-order valence-electron chi connectivity index (χ2n) is 10.5. The minimum absolute atomic E-state index is 0.0515. The number of methoxy groups -OCH3 is 1. The monoisotopic (exact) mass is 547 g/mol. The van der Waals surface area contributed by atoms with Crippen LogP contribution in [0.3, 0.4) is 0 Å². The van der Waals surface area contributed by atoms with Gasteiger partial charge in [0.15, 0.2) is 0 Å². The molecule has 39 heavy (non-hydrogen) atoms. The quantitative estimate of drug-likeness (QED) is 0.373. The lowest BCUT2D eigenvalue weighted by molar-refractivity contribution is 0.0946. The number of fused-ring (bicyclic) bond motifs is 1. The maximum absolute atomic E-state index is 13.6. The average molecular weight is 548 g/mol. The van der Waals surface area contributed by atoms with E-state index in [0.29, 0.717) is 30.9 Å². The first-order chi connectivity index (χ1) is 18.7. The molecule has 0 radical (unpaired) electrons. The number of nitrogens with one attached hydrogen (secondary N) is 1. The van der Waals surface area contributed by atoms with Crippen molar-refractivity contribution in [3.63, 3.8) is 0 Å². The predicted octanol–water partition coefficient (Wildman–Crippen LogP) is 5.42. The first-order valence-electron chi connectivity index (χ1n) is 13.1. The molecule has 7 nitrogen and oxygen atoms in total. The number of allylic oxidation sites excluding steroid dienone is 1. The summed E-state index contributed by atoms with van der Waals surface area (Å²) in [5, 5.41) is 12.9. The van der Waals surface area contributed by atoms with Gasteiger partial charge in [0.25, 0.3) is 5.91 Å². The van der Waals surface area contributed by atoms with Gasteiger partial charge in [-0.1, -0.05) is 42.5 Å². The third kappa shape index (κ3) is 6.46. The Balaban J connectivity index is 1.76. The van der Waals surface area contributed by atoms with E-state index in [1.165, 1.54) is 0 Å². The molecule has 1 aromatic heterocycles. The van der Waals surface area contributed by atoms with Gasteiger partial charge in [-0.2, -0.15) is 0 Å². The largest absolute Gasteiger partial charge is 0.497 e. The summed E-state index contributed by atoms with van der Waals surface area (Å²) in [6.07, 6.45) is 4.41. The highest BCUT2D eigenvalue weighted by molar-refractivity contribution is 7.84. The Morgan fingerprint density at radius 1 is 1.21 bits per heavy atom. The molecule has 2 atom stereocenters. The number of ether oxygens (including phenoxy) is 1. The molecule has 2 aromatic carbocycles. The number of carbonyl (C=O) groups is 1. The van der Waals surface area contributed by atoms with E-state index in [0.717, 1.165) is 33.6 Å². The first kappa shape index (κ1) is 28.7. The lowest BCUT2D eigenvalue weighted by Crippen LogP contribution is -2.36.